The van der Waals surface area contributed by atoms with Gasteiger partial charge in [-0.25, -0.2) is 22.0 Å². The van der Waals surface area contributed by atoms with E-state index in [4.69, 9.17) is 9.47 Å². The van der Waals surface area contributed by atoms with E-state index >= 15 is 0 Å². The van der Waals surface area contributed by atoms with Gasteiger partial charge in [-0.15, -0.1) is 0 Å². The third-order valence-corrected chi connectivity index (χ3v) is 4.32. The van der Waals surface area contributed by atoms with Gasteiger partial charge < -0.3 is 19.1 Å². The number of carbonyl (C=O) groups is 1. The van der Waals surface area contributed by atoms with E-state index in [1.54, 1.807) is 0 Å². The first-order valence-electron chi connectivity index (χ1n) is 8.80. The van der Waals surface area contributed by atoms with Gasteiger partial charge in [0.25, 0.3) is 5.91 Å². The van der Waals surface area contributed by atoms with Crippen LogP contribution in [0, 0.1) is 40.7 Å². The van der Waals surface area contributed by atoms with Crippen molar-refractivity contribution >= 4 is 5.91 Å². The molecular weight excluding hydrogens is 439 g/mol. The lowest BCUT2D eigenvalue weighted by molar-refractivity contribution is -0.142. The van der Waals surface area contributed by atoms with Crippen LogP contribution in [-0.4, -0.2) is 49.8 Å². The zero-order chi connectivity index (χ0) is 22.7. The standard InChI is InChI=1S/C19H14F7NO4/c20-9-1-2-11(21)12(5-9)30-7-10-6-27(3-4-29-10)13(28)8-31-19-17(25)15(23)14(22)16(24)18(19)26/h1-2,5,10H,3-4,6-8H2. The van der Waals surface area contributed by atoms with Crippen LogP contribution in [0.4, 0.5) is 30.7 Å². The number of benzene rings is 2. The van der Waals surface area contributed by atoms with E-state index in [1.165, 1.54) is 0 Å². The Balaban J connectivity index is 1.58. The van der Waals surface area contributed by atoms with Crippen molar-refractivity contribution in [1.29, 1.82) is 0 Å². The number of amides is 1. The number of halogens is 7. The van der Waals surface area contributed by atoms with Gasteiger partial charge >= 0.3 is 0 Å². The fraction of sp³-hybridized carbons (Fsp3) is 0.316. The fourth-order valence-electron chi connectivity index (χ4n) is 2.75. The Morgan fingerprint density at radius 1 is 0.968 bits per heavy atom. The predicted molar refractivity (Wildman–Crippen MR) is 89.9 cm³/mol. The van der Waals surface area contributed by atoms with Crippen molar-refractivity contribution in [2.24, 2.45) is 0 Å². The van der Waals surface area contributed by atoms with Crippen LogP contribution in [0.15, 0.2) is 18.2 Å². The van der Waals surface area contributed by atoms with Gasteiger partial charge in [-0.2, -0.15) is 8.78 Å². The molecule has 0 aliphatic carbocycles. The van der Waals surface area contributed by atoms with Gasteiger partial charge in [0.15, 0.2) is 23.9 Å². The summed E-state index contributed by atoms with van der Waals surface area (Å²) < 4.78 is 108. The number of nitrogens with zero attached hydrogens (tertiary/aromatic N) is 1. The summed E-state index contributed by atoms with van der Waals surface area (Å²) in [5.74, 6) is -15.4. The molecule has 2 aromatic rings. The van der Waals surface area contributed by atoms with E-state index in [1.807, 2.05) is 0 Å². The van der Waals surface area contributed by atoms with Crippen molar-refractivity contribution in [3.05, 3.63) is 58.9 Å². The van der Waals surface area contributed by atoms with Crippen molar-refractivity contribution in [2.45, 2.75) is 6.10 Å². The number of carbonyl (C=O) groups excluding carboxylic acids is 1. The topological polar surface area (TPSA) is 48.0 Å². The molecule has 2 aromatic carbocycles. The molecule has 31 heavy (non-hydrogen) atoms. The maximum Gasteiger partial charge on any atom is 0.260 e. The van der Waals surface area contributed by atoms with Crippen LogP contribution in [0.5, 0.6) is 11.5 Å². The van der Waals surface area contributed by atoms with Crippen molar-refractivity contribution < 1.29 is 49.7 Å². The monoisotopic (exact) mass is 453 g/mol. The fourth-order valence-corrected chi connectivity index (χ4v) is 2.75. The minimum absolute atomic E-state index is 0.0218. The molecule has 1 amide bonds. The van der Waals surface area contributed by atoms with E-state index in [0.717, 1.165) is 23.1 Å². The summed E-state index contributed by atoms with van der Waals surface area (Å²) in [5.41, 5.74) is 0. The Labute approximate surface area is 170 Å². The van der Waals surface area contributed by atoms with Crippen LogP contribution >= 0.6 is 0 Å². The largest absolute Gasteiger partial charge is 0.488 e. The maximum atomic E-state index is 13.6. The van der Waals surface area contributed by atoms with Gasteiger partial charge in [0.05, 0.1) is 13.2 Å². The molecule has 1 fully saturated rings. The molecule has 1 atom stereocenters. The minimum atomic E-state index is -2.35. The molecular formula is C19H14F7NO4. The molecule has 168 valence electrons. The van der Waals surface area contributed by atoms with E-state index in [9.17, 15) is 35.5 Å². The Morgan fingerprint density at radius 3 is 2.29 bits per heavy atom. The highest BCUT2D eigenvalue weighted by Gasteiger charge is 2.29. The third kappa shape index (κ3) is 5.01. The van der Waals surface area contributed by atoms with Gasteiger partial charge in [-0.3, -0.25) is 4.79 Å². The molecule has 1 saturated heterocycles. The lowest BCUT2D eigenvalue weighted by atomic mass is 10.2. The molecule has 1 heterocycles. The number of morpholine rings is 1. The predicted octanol–water partition coefficient (Wildman–Crippen LogP) is 3.35. The number of hydrogen-bond acceptors (Lipinski definition) is 4. The Morgan fingerprint density at radius 2 is 1.61 bits per heavy atom. The number of ether oxygens (including phenoxy) is 3. The van der Waals surface area contributed by atoms with Gasteiger partial charge in [0, 0.05) is 12.6 Å². The highest BCUT2D eigenvalue weighted by atomic mass is 19.2. The van der Waals surface area contributed by atoms with Gasteiger partial charge in [-0.05, 0) is 12.1 Å². The van der Waals surface area contributed by atoms with Crippen LogP contribution in [0.2, 0.25) is 0 Å². The molecule has 0 radical (unpaired) electrons. The average Bonchev–Trinajstić information content (AvgIpc) is 2.77. The molecule has 0 spiro atoms. The zero-order valence-electron chi connectivity index (χ0n) is 15.6. The van der Waals surface area contributed by atoms with Crippen LogP contribution in [0.3, 0.4) is 0 Å². The highest BCUT2D eigenvalue weighted by Crippen LogP contribution is 2.29. The zero-order valence-corrected chi connectivity index (χ0v) is 15.6. The van der Waals surface area contributed by atoms with E-state index < -0.39 is 65.1 Å². The highest BCUT2D eigenvalue weighted by molar-refractivity contribution is 5.78. The number of hydrogen-bond donors (Lipinski definition) is 0. The molecule has 12 heteroatoms. The van der Waals surface area contributed by atoms with Crippen LogP contribution < -0.4 is 9.47 Å². The van der Waals surface area contributed by atoms with E-state index in [-0.39, 0.29) is 32.1 Å². The summed E-state index contributed by atoms with van der Waals surface area (Å²) in [4.78, 5) is 13.4. The van der Waals surface area contributed by atoms with Gasteiger partial charge in [0.1, 0.15) is 18.5 Å². The summed E-state index contributed by atoms with van der Waals surface area (Å²) in [6, 6.07) is 2.61. The molecule has 0 aromatic heterocycles. The summed E-state index contributed by atoms with van der Waals surface area (Å²) in [7, 11) is 0. The molecule has 0 N–H and O–H groups in total. The van der Waals surface area contributed by atoms with Crippen LogP contribution in [-0.2, 0) is 9.53 Å². The SMILES string of the molecule is O=C(COc1c(F)c(F)c(F)c(F)c1F)N1CCOC(COc2cc(F)ccc2F)C1. The first-order chi connectivity index (χ1) is 14.7. The molecule has 1 unspecified atom stereocenters. The van der Waals surface area contributed by atoms with Crippen molar-refractivity contribution in [2.75, 3.05) is 32.9 Å². The van der Waals surface area contributed by atoms with Crippen LogP contribution in [0.25, 0.3) is 0 Å². The van der Waals surface area contributed by atoms with Gasteiger partial charge in [-0.1, -0.05) is 0 Å². The molecule has 1 aliphatic rings. The lowest BCUT2D eigenvalue weighted by Crippen LogP contribution is -2.49. The van der Waals surface area contributed by atoms with Crippen molar-refractivity contribution in [3.8, 4) is 11.5 Å². The first kappa shape index (κ1) is 22.7. The van der Waals surface area contributed by atoms with Crippen molar-refractivity contribution in [1.82, 2.24) is 4.90 Å². The molecule has 3 rings (SSSR count). The quantitative estimate of drug-likeness (QED) is 0.383. The maximum absolute atomic E-state index is 13.6. The molecule has 5 nitrogen and oxygen atoms in total. The second-order valence-electron chi connectivity index (χ2n) is 6.41. The van der Waals surface area contributed by atoms with E-state index in [0.29, 0.717) is 0 Å². The lowest BCUT2D eigenvalue weighted by Gasteiger charge is -2.32. The van der Waals surface area contributed by atoms with E-state index in [2.05, 4.69) is 4.74 Å². The first-order valence-corrected chi connectivity index (χ1v) is 8.80. The molecule has 1 aliphatic heterocycles. The number of rotatable bonds is 6. The third-order valence-electron chi connectivity index (χ3n) is 4.32. The Bertz CT molecular complexity index is 959. The summed E-state index contributed by atoms with van der Waals surface area (Å²) >= 11 is 0. The average molecular weight is 453 g/mol. The smallest absolute Gasteiger partial charge is 0.260 e. The normalized spacial score (nSPS) is 16.4. The summed E-state index contributed by atoms with van der Waals surface area (Å²) in [6.45, 7) is -1.29. The van der Waals surface area contributed by atoms with Crippen molar-refractivity contribution in [3.63, 3.8) is 0 Å². The summed E-state index contributed by atoms with van der Waals surface area (Å²) in [6.07, 6.45) is -0.755. The minimum Gasteiger partial charge on any atom is -0.488 e. The second-order valence-corrected chi connectivity index (χ2v) is 6.41. The molecule has 0 bridgehead atoms. The Hall–Kier alpha value is -3.02. The van der Waals surface area contributed by atoms with Crippen LogP contribution in [0.1, 0.15) is 0 Å². The summed E-state index contributed by atoms with van der Waals surface area (Å²) in [5, 5.41) is 0. The second kappa shape index (κ2) is 9.41. The van der Waals surface area contributed by atoms with Gasteiger partial charge in [0.2, 0.25) is 29.1 Å². The molecule has 0 saturated carbocycles. The Kier molecular flexibility index (Phi) is 6.88.